The molecule has 0 spiro atoms. The molecule has 1 N–H and O–H groups in total. The van der Waals surface area contributed by atoms with Gasteiger partial charge in [-0.3, -0.25) is 0 Å². The summed E-state index contributed by atoms with van der Waals surface area (Å²) < 4.78 is 5.60. The number of aliphatic hydroxyl groups is 1. The Labute approximate surface area is 157 Å². The average Bonchev–Trinajstić information content (AvgIpc) is 2.68. The van der Waals surface area contributed by atoms with Crippen LogP contribution < -0.4 is 4.74 Å². The molecule has 0 fully saturated rings. The van der Waals surface area contributed by atoms with E-state index in [1.165, 1.54) is 32.1 Å². The van der Waals surface area contributed by atoms with Gasteiger partial charge in [-0.1, -0.05) is 69.7 Å². The van der Waals surface area contributed by atoms with Crippen LogP contribution in [-0.4, -0.2) is 11.4 Å². The standard InChI is InChI=1S/C23H29NO2/c1-2-3-4-5-6-7-8-9-23(25)26-22-16-14-21(15-17-22)20-12-10-19(18-24)11-13-20/h10-17,23,25H,2-9H2,1H3. The summed E-state index contributed by atoms with van der Waals surface area (Å²) >= 11 is 0. The summed E-state index contributed by atoms with van der Waals surface area (Å²) in [6, 6.07) is 17.3. The van der Waals surface area contributed by atoms with Crippen LogP contribution >= 0.6 is 0 Å². The fraction of sp³-hybridized carbons (Fsp3) is 0.435. The molecule has 0 aliphatic carbocycles. The van der Waals surface area contributed by atoms with Gasteiger partial charge in [0.15, 0.2) is 6.29 Å². The Morgan fingerprint density at radius 1 is 0.846 bits per heavy atom. The maximum Gasteiger partial charge on any atom is 0.197 e. The van der Waals surface area contributed by atoms with Crippen LogP contribution in [0.1, 0.15) is 63.9 Å². The van der Waals surface area contributed by atoms with Gasteiger partial charge in [0.1, 0.15) is 5.75 Å². The van der Waals surface area contributed by atoms with Crippen LogP contribution in [0.15, 0.2) is 48.5 Å². The molecule has 3 heteroatoms. The Balaban J connectivity index is 1.73. The van der Waals surface area contributed by atoms with Gasteiger partial charge in [-0.2, -0.15) is 5.26 Å². The molecular formula is C23H29NO2. The first-order valence-electron chi connectivity index (χ1n) is 9.68. The van der Waals surface area contributed by atoms with E-state index in [-0.39, 0.29) is 0 Å². The fourth-order valence-corrected chi connectivity index (χ4v) is 2.96. The van der Waals surface area contributed by atoms with E-state index in [4.69, 9.17) is 10.00 Å². The molecule has 2 aromatic rings. The molecule has 2 aromatic carbocycles. The molecule has 26 heavy (non-hydrogen) atoms. The van der Waals surface area contributed by atoms with Crippen molar-refractivity contribution < 1.29 is 9.84 Å². The first-order chi connectivity index (χ1) is 12.7. The van der Waals surface area contributed by atoms with E-state index >= 15 is 0 Å². The molecule has 1 atom stereocenters. The maximum absolute atomic E-state index is 10.0. The van der Waals surface area contributed by atoms with E-state index in [0.717, 1.165) is 24.0 Å². The van der Waals surface area contributed by atoms with Crippen LogP contribution in [0.3, 0.4) is 0 Å². The topological polar surface area (TPSA) is 53.2 Å². The van der Waals surface area contributed by atoms with E-state index < -0.39 is 6.29 Å². The zero-order chi connectivity index (χ0) is 18.6. The third kappa shape index (κ3) is 6.90. The average molecular weight is 351 g/mol. The Kier molecular flexibility index (Phi) is 8.72. The van der Waals surface area contributed by atoms with Crippen molar-refractivity contribution in [2.45, 2.75) is 64.6 Å². The molecule has 138 valence electrons. The molecule has 3 nitrogen and oxygen atoms in total. The van der Waals surface area contributed by atoms with E-state index in [1.807, 2.05) is 48.5 Å². The lowest BCUT2D eigenvalue weighted by Gasteiger charge is -2.14. The van der Waals surface area contributed by atoms with Crippen LogP contribution in [0.25, 0.3) is 11.1 Å². The van der Waals surface area contributed by atoms with Gasteiger partial charge in [0, 0.05) is 6.42 Å². The second-order valence-corrected chi connectivity index (χ2v) is 6.70. The minimum Gasteiger partial charge on any atom is -0.465 e. The molecule has 0 bridgehead atoms. The third-order valence-electron chi connectivity index (χ3n) is 4.53. The first kappa shape index (κ1) is 20.0. The number of hydrogen-bond acceptors (Lipinski definition) is 3. The smallest absolute Gasteiger partial charge is 0.197 e. The Morgan fingerprint density at radius 2 is 1.38 bits per heavy atom. The summed E-state index contributed by atoms with van der Waals surface area (Å²) in [5.41, 5.74) is 2.77. The lowest BCUT2D eigenvalue weighted by atomic mass is 10.0. The van der Waals surface area contributed by atoms with Gasteiger partial charge in [0.25, 0.3) is 0 Å². The third-order valence-corrected chi connectivity index (χ3v) is 4.53. The number of aliphatic hydroxyl groups excluding tert-OH is 1. The van der Waals surface area contributed by atoms with Gasteiger partial charge in [-0.25, -0.2) is 0 Å². The van der Waals surface area contributed by atoms with Crippen molar-refractivity contribution in [2.75, 3.05) is 0 Å². The van der Waals surface area contributed by atoms with Gasteiger partial charge < -0.3 is 9.84 Å². The van der Waals surface area contributed by atoms with E-state index in [2.05, 4.69) is 13.0 Å². The van der Waals surface area contributed by atoms with Crippen molar-refractivity contribution in [1.82, 2.24) is 0 Å². The second-order valence-electron chi connectivity index (χ2n) is 6.70. The van der Waals surface area contributed by atoms with Gasteiger partial charge in [-0.05, 0) is 41.8 Å². The molecule has 0 saturated carbocycles. The summed E-state index contributed by atoms with van der Waals surface area (Å²) in [6.07, 6.45) is 8.53. The molecular weight excluding hydrogens is 322 g/mol. The second kappa shape index (κ2) is 11.3. The molecule has 0 heterocycles. The van der Waals surface area contributed by atoms with Crippen LogP contribution in [0.5, 0.6) is 5.75 Å². The highest BCUT2D eigenvalue weighted by atomic mass is 16.6. The van der Waals surface area contributed by atoms with Crippen molar-refractivity contribution in [3.05, 3.63) is 54.1 Å². The van der Waals surface area contributed by atoms with Gasteiger partial charge >= 0.3 is 0 Å². The molecule has 0 aliphatic heterocycles. The normalized spacial score (nSPS) is 11.7. The Morgan fingerprint density at radius 3 is 1.96 bits per heavy atom. The van der Waals surface area contributed by atoms with Gasteiger partial charge in [-0.15, -0.1) is 0 Å². The molecule has 0 saturated heterocycles. The Hall–Kier alpha value is -2.31. The zero-order valence-electron chi connectivity index (χ0n) is 15.7. The summed E-state index contributed by atoms with van der Waals surface area (Å²) in [4.78, 5) is 0. The van der Waals surface area contributed by atoms with Crippen molar-refractivity contribution >= 4 is 0 Å². The van der Waals surface area contributed by atoms with Crippen LogP contribution in [0.4, 0.5) is 0 Å². The minimum atomic E-state index is -0.744. The fourth-order valence-electron chi connectivity index (χ4n) is 2.96. The molecule has 0 aliphatic rings. The summed E-state index contributed by atoms with van der Waals surface area (Å²) in [7, 11) is 0. The van der Waals surface area contributed by atoms with Crippen LogP contribution in [-0.2, 0) is 0 Å². The number of nitrogens with zero attached hydrogens (tertiary/aromatic N) is 1. The van der Waals surface area contributed by atoms with Gasteiger partial charge in [0.05, 0.1) is 11.6 Å². The van der Waals surface area contributed by atoms with Crippen molar-refractivity contribution in [3.8, 4) is 22.9 Å². The zero-order valence-corrected chi connectivity index (χ0v) is 15.7. The number of rotatable bonds is 11. The number of unbranched alkanes of at least 4 members (excludes halogenated alkanes) is 6. The SMILES string of the molecule is CCCCCCCCCC(O)Oc1ccc(-c2ccc(C#N)cc2)cc1. The highest BCUT2D eigenvalue weighted by molar-refractivity contribution is 5.64. The molecule has 0 aromatic heterocycles. The van der Waals surface area contributed by atoms with Crippen molar-refractivity contribution in [3.63, 3.8) is 0 Å². The largest absolute Gasteiger partial charge is 0.465 e. The van der Waals surface area contributed by atoms with E-state index in [9.17, 15) is 5.11 Å². The first-order valence-corrected chi connectivity index (χ1v) is 9.68. The highest BCUT2D eigenvalue weighted by Crippen LogP contribution is 2.23. The highest BCUT2D eigenvalue weighted by Gasteiger charge is 2.06. The van der Waals surface area contributed by atoms with E-state index in [0.29, 0.717) is 17.7 Å². The van der Waals surface area contributed by atoms with Gasteiger partial charge in [0.2, 0.25) is 0 Å². The molecule has 0 radical (unpaired) electrons. The van der Waals surface area contributed by atoms with Crippen molar-refractivity contribution in [1.29, 1.82) is 5.26 Å². The quantitative estimate of drug-likeness (QED) is 0.395. The monoisotopic (exact) mass is 351 g/mol. The molecule has 2 rings (SSSR count). The molecule has 1 unspecified atom stereocenters. The maximum atomic E-state index is 10.0. The van der Waals surface area contributed by atoms with Crippen LogP contribution in [0, 0.1) is 11.3 Å². The number of benzene rings is 2. The van der Waals surface area contributed by atoms with Crippen LogP contribution in [0.2, 0.25) is 0 Å². The number of nitriles is 1. The lowest BCUT2D eigenvalue weighted by Crippen LogP contribution is -2.15. The lowest BCUT2D eigenvalue weighted by molar-refractivity contribution is -0.0246. The summed E-state index contributed by atoms with van der Waals surface area (Å²) in [5, 5.41) is 18.9. The number of hydrogen-bond donors (Lipinski definition) is 1. The minimum absolute atomic E-state index is 0.655. The van der Waals surface area contributed by atoms with Crippen molar-refractivity contribution in [2.24, 2.45) is 0 Å². The van der Waals surface area contributed by atoms with E-state index in [1.54, 1.807) is 0 Å². The summed E-state index contributed by atoms with van der Waals surface area (Å²) in [5.74, 6) is 0.679. The predicted octanol–water partition coefficient (Wildman–Crippen LogP) is 6.06. The predicted molar refractivity (Wildman–Crippen MR) is 106 cm³/mol. The molecule has 0 amide bonds. The Bertz CT molecular complexity index is 671. The summed E-state index contributed by atoms with van der Waals surface area (Å²) in [6.45, 7) is 2.23. The number of ether oxygens (including phenoxy) is 1.